The molecule has 0 atom stereocenters. The maximum atomic E-state index is 8.47. The number of aryl methyl sites for hydroxylation is 1. The van der Waals surface area contributed by atoms with Crippen LogP contribution in [0, 0.1) is 11.3 Å². The number of aromatic nitrogens is 1. The molecule has 0 bridgehead atoms. The molecule has 2 rings (SSSR count). The Bertz CT molecular complexity index is 496. The maximum absolute atomic E-state index is 8.47. The lowest BCUT2D eigenvalue weighted by Gasteiger charge is -1.95. The van der Waals surface area contributed by atoms with Gasteiger partial charge in [-0.15, -0.1) is 0 Å². The van der Waals surface area contributed by atoms with Crippen LogP contribution in [0.3, 0.4) is 0 Å². The molecule has 0 aliphatic rings. The van der Waals surface area contributed by atoms with Gasteiger partial charge in [0.15, 0.2) is 5.13 Å². The van der Waals surface area contributed by atoms with Gasteiger partial charge in [-0.3, -0.25) is 0 Å². The van der Waals surface area contributed by atoms with E-state index in [0.29, 0.717) is 11.6 Å². The summed E-state index contributed by atoms with van der Waals surface area (Å²) in [7, 11) is 0. The molecule has 0 aliphatic heterocycles. The minimum Gasteiger partial charge on any atom is -0.375 e. The quantitative estimate of drug-likeness (QED) is 0.814. The smallest absolute Gasteiger partial charge is 0.181 e. The highest BCUT2D eigenvalue weighted by Gasteiger charge is 2.01. The lowest BCUT2D eigenvalue weighted by molar-refractivity contribution is 1.01. The number of rotatable bonds is 2. The predicted molar refractivity (Wildman–Crippen MR) is 58.0 cm³/mol. The van der Waals surface area contributed by atoms with Gasteiger partial charge in [0.1, 0.15) is 0 Å². The summed E-state index contributed by atoms with van der Waals surface area (Å²) in [5.74, 6) is 0. The van der Waals surface area contributed by atoms with E-state index in [4.69, 9.17) is 11.0 Å². The van der Waals surface area contributed by atoms with Gasteiger partial charge in [0.2, 0.25) is 0 Å². The van der Waals surface area contributed by atoms with E-state index in [2.05, 4.69) is 17.1 Å². The van der Waals surface area contributed by atoms with Crippen LogP contribution < -0.4 is 5.73 Å². The van der Waals surface area contributed by atoms with E-state index in [-0.39, 0.29) is 0 Å². The molecule has 3 nitrogen and oxygen atoms in total. The van der Waals surface area contributed by atoms with Crippen molar-refractivity contribution >= 4 is 26.7 Å². The maximum Gasteiger partial charge on any atom is 0.181 e. The Kier molecular flexibility index (Phi) is 2.33. The molecule has 2 N–H and O–H groups in total. The van der Waals surface area contributed by atoms with Crippen LogP contribution >= 0.6 is 11.3 Å². The van der Waals surface area contributed by atoms with Gasteiger partial charge in [-0.2, -0.15) is 5.26 Å². The molecule has 14 heavy (non-hydrogen) atoms. The molecule has 1 aromatic heterocycles. The predicted octanol–water partition coefficient (Wildman–Crippen LogP) is 2.33. The molecule has 0 amide bonds. The number of hydrogen-bond acceptors (Lipinski definition) is 4. The van der Waals surface area contributed by atoms with E-state index < -0.39 is 0 Å². The Morgan fingerprint density at radius 3 is 3.14 bits per heavy atom. The molecule has 0 spiro atoms. The second-order valence-corrected chi connectivity index (χ2v) is 4.07. The Labute approximate surface area is 85.8 Å². The molecule has 0 fully saturated rings. The van der Waals surface area contributed by atoms with Gasteiger partial charge in [-0.05, 0) is 24.1 Å². The monoisotopic (exact) mass is 203 g/mol. The zero-order valence-electron chi connectivity index (χ0n) is 7.53. The molecule has 1 heterocycles. The van der Waals surface area contributed by atoms with Crippen molar-refractivity contribution in [1.29, 1.82) is 5.26 Å². The molecule has 0 radical (unpaired) electrons. The molecule has 70 valence electrons. The lowest BCUT2D eigenvalue weighted by atomic mass is 10.1. The third-order valence-corrected chi connectivity index (χ3v) is 2.84. The Balaban J connectivity index is 2.36. The Morgan fingerprint density at radius 1 is 1.50 bits per heavy atom. The third-order valence-electron chi connectivity index (χ3n) is 1.99. The molecular weight excluding hydrogens is 194 g/mol. The summed E-state index contributed by atoms with van der Waals surface area (Å²) in [5, 5.41) is 9.06. The van der Waals surface area contributed by atoms with Crippen molar-refractivity contribution < 1.29 is 0 Å². The molecule has 0 saturated heterocycles. The van der Waals surface area contributed by atoms with Crippen molar-refractivity contribution in [3.8, 4) is 6.07 Å². The highest BCUT2D eigenvalue weighted by molar-refractivity contribution is 7.22. The van der Waals surface area contributed by atoms with E-state index in [0.717, 1.165) is 16.6 Å². The van der Waals surface area contributed by atoms with E-state index in [1.165, 1.54) is 16.9 Å². The van der Waals surface area contributed by atoms with Crippen LogP contribution in [-0.4, -0.2) is 4.98 Å². The fraction of sp³-hybridized carbons (Fsp3) is 0.200. The van der Waals surface area contributed by atoms with Gasteiger partial charge in [0.05, 0.1) is 16.3 Å². The van der Waals surface area contributed by atoms with Crippen molar-refractivity contribution in [1.82, 2.24) is 4.98 Å². The zero-order chi connectivity index (χ0) is 9.97. The second kappa shape index (κ2) is 3.64. The number of hydrogen-bond donors (Lipinski definition) is 1. The molecule has 2 aromatic rings. The average molecular weight is 203 g/mol. The summed E-state index contributed by atoms with van der Waals surface area (Å²) < 4.78 is 1.10. The number of fused-ring (bicyclic) bond motifs is 1. The standard InChI is InChI=1S/C10H9N3S/c11-5-1-2-7-3-4-8-9(6-7)14-10(12)13-8/h3-4,6H,1-2H2,(H2,12,13). The summed E-state index contributed by atoms with van der Waals surface area (Å²) in [6, 6.07) is 8.14. The summed E-state index contributed by atoms with van der Waals surface area (Å²) in [6.07, 6.45) is 1.35. The van der Waals surface area contributed by atoms with Gasteiger partial charge >= 0.3 is 0 Å². The second-order valence-electron chi connectivity index (χ2n) is 3.01. The molecule has 4 heteroatoms. The SMILES string of the molecule is N#CCCc1ccc2nc(N)sc2c1. The topological polar surface area (TPSA) is 62.7 Å². The first-order valence-electron chi connectivity index (χ1n) is 4.31. The minimum atomic E-state index is 0.555. The van der Waals surface area contributed by atoms with Crippen molar-refractivity contribution in [2.75, 3.05) is 5.73 Å². The molecule has 0 unspecified atom stereocenters. The molecule has 1 aromatic carbocycles. The van der Waals surface area contributed by atoms with Crippen LogP contribution in [0.2, 0.25) is 0 Å². The van der Waals surface area contributed by atoms with Gasteiger partial charge in [-0.25, -0.2) is 4.98 Å². The number of anilines is 1. The van der Waals surface area contributed by atoms with Gasteiger partial charge < -0.3 is 5.73 Å². The molecular formula is C10H9N3S. The number of benzene rings is 1. The molecule has 0 aliphatic carbocycles. The van der Waals surface area contributed by atoms with Crippen LogP contribution in [-0.2, 0) is 6.42 Å². The molecule has 0 saturated carbocycles. The van der Waals surface area contributed by atoms with Crippen molar-refractivity contribution in [3.05, 3.63) is 23.8 Å². The van der Waals surface area contributed by atoms with Crippen molar-refractivity contribution in [2.45, 2.75) is 12.8 Å². The van der Waals surface area contributed by atoms with Crippen LogP contribution in [0.5, 0.6) is 0 Å². The lowest BCUT2D eigenvalue weighted by Crippen LogP contribution is -1.82. The van der Waals surface area contributed by atoms with E-state index in [1.54, 1.807) is 0 Å². The number of thiazole rings is 1. The number of nitriles is 1. The van der Waals surface area contributed by atoms with Crippen molar-refractivity contribution in [3.63, 3.8) is 0 Å². The van der Waals surface area contributed by atoms with Crippen LogP contribution in [0.25, 0.3) is 10.2 Å². The van der Waals surface area contributed by atoms with E-state index >= 15 is 0 Å². The van der Waals surface area contributed by atoms with E-state index in [1.807, 2.05) is 12.1 Å². The Hall–Kier alpha value is -1.60. The average Bonchev–Trinajstić information content (AvgIpc) is 2.54. The zero-order valence-corrected chi connectivity index (χ0v) is 8.34. The summed E-state index contributed by atoms with van der Waals surface area (Å²) in [4.78, 5) is 4.17. The van der Waals surface area contributed by atoms with Crippen molar-refractivity contribution in [2.24, 2.45) is 0 Å². The van der Waals surface area contributed by atoms with Crippen LogP contribution in [0.1, 0.15) is 12.0 Å². The largest absolute Gasteiger partial charge is 0.375 e. The van der Waals surface area contributed by atoms with Gasteiger partial charge in [-0.1, -0.05) is 17.4 Å². The van der Waals surface area contributed by atoms with Gasteiger partial charge in [0.25, 0.3) is 0 Å². The van der Waals surface area contributed by atoms with E-state index in [9.17, 15) is 0 Å². The number of nitrogen functional groups attached to an aromatic ring is 1. The fourth-order valence-corrected chi connectivity index (χ4v) is 2.14. The van der Waals surface area contributed by atoms with Gasteiger partial charge in [0, 0.05) is 6.42 Å². The number of nitrogens with zero attached hydrogens (tertiary/aromatic N) is 2. The number of nitrogens with two attached hydrogens (primary N) is 1. The normalized spacial score (nSPS) is 10.2. The summed E-state index contributed by atoms with van der Waals surface area (Å²) in [6.45, 7) is 0. The highest BCUT2D eigenvalue weighted by Crippen LogP contribution is 2.24. The van der Waals surface area contributed by atoms with Crippen LogP contribution in [0.15, 0.2) is 18.2 Å². The summed E-state index contributed by atoms with van der Waals surface area (Å²) in [5.41, 5.74) is 7.70. The van der Waals surface area contributed by atoms with Crippen LogP contribution in [0.4, 0.5) is 5.13 Å². The fourth-order valence-electron chi connectivity index (χ4n) is 1.34. The first-order valence-corrected chi connectivity index (χ1v) is 5.13. The first kappa shape index (κ1) is 8.97. The first-order chi connectivity index (χ1) is 6.79. The highest BCUT2D eigenvalue weighted by atomic mass is 32.1. The third kappa shape index (κ3) is 1.68. The summed E-state index contributed by atoms with van der Waals surface area (Å²) >= 11 is 1.48. The minimum absolute atomic E-state index is 0.555. The Morgan fingerprint density at radius 2 is 2.36 bits per heavy atom.